The van der Waals surface area contributed by atoms with Crippen LogP contribution in [-0.2, 0) is 6.54 Å². The van der Waals surface area contributed by atoms with Crippen LogP contribution in [0.3, 0.4) is 0 Å². The van der Waals surface area contributed by atoms with E-state index in [2.05, 4.69) is 24.6 Å². The van der Waals surface area contributed by atoms with Crippen LogP contribution < -0.4 is 10.5 Å². The monoisotopic (exact) mass is 453 g/mol. The van der Waals surface area contributed by atoms with Gasteiger partial charge in [-0.15, -0.1) is 0 Å². The van der Waals surface area contributed by atoms with Crippen LogP contribution in [0, 0.1) is 5.82 Å². The van der Waals surface area contributed by atoms with E-state index >= 15 is 0 Å². The van der Waals surface area contributed by atoms with Gasteiger partial charge < -0.3 is 15.6 Å². The molecule has 3 aromatic rings. The number of hydrogen-bond donors (Lipinski definition) is 2. The number of anilines is 1. The Kier molecular flexibility index (Phi) is 5.37. The number of rotatable bonds is 6. The molecule has 2 amide bonds. The van der Waals surface area contributed by atoms with Gasteiger partial charge >= 0.3 is 0 Å². The Morgan fingerprint density at radius 2 is 1.72 bits per heavy atom. The van der Waals surface area contributed by atoms with Crippen molar-refractivity contribution in [2.45, 2.75) is 32.2 Å². The largest absolute Gasteiger partial charge is 0.505 e. The van der Waals surface area contributed by atoms with Gasteiger partial charge in [0.15, 0.2) is 5.75 Å². The van der Waals surface area contributed by atoms with Crippen molar-refractivity contribution in [1.29, 1.82) is 0 Å². The molecule has 7 nitrogen and oxygen atoms in total. The Balaban J connectivity index is 1.81. The molecular weight excluding hydrogens is 429 g/mol. The molecule has 0 unspecified atom stereocenters. The van der Waals surface area contributed by atoms with Crippen LogP contribution in [0.5, 0.6) is 11.5 Å². The van der Waals surface area contributed by atoms with Crippen LogP contribution in [0.15, 0.2) is 36.4 Å². The number of phenols is 1. The van der Waals surface area contributed by atoms with Crippen molar-refractivity contribution < 1.29 is 23.8 Å². The van der Waals surface area contributed by atoms with E-state index in [1.807, 2.05) is 0 Å². The van der Waals surface area contributed by atoms with Crippen LogP contribution in [0.1, 0.15) is 26.3 Å². The minimum Gasteiger partial charge on any atom is -0.505 e. The van der Waals surface area contributed by atoms with E-state index in [1.54, 1.807) is 12.1 Å². The maximum atomic E-state index is 13.3. The minimum atomic E-state index is -1.43. The second-order valence-corrected chi connectivity index (χ2v) is 14.7. The lowest BCUT2D eigenvalue weighted by atomic mass is 10.0. The van der Waals surface area contributed by atoms with E-state index in [4.69, 9.17) is 10.5 Å². The molecule has 1 aliphatic heterocycles. The van der Waals surface area contributed by atoms with Crippen molar-refractivity contribution in [3.8, 4) is 11.5 Å². The van der Waals surface area contributed by atoms with Gasteiger partial charge in [0, 0.05) is 13.5 Å². The van der Waals surface area contributed by atoms with Crippen LogP contribution >= 0.6 is 0 Å². The Morgan fingerprint density at radius 1 is 1.06 bits per heavy atom. The maximum Gasteiger partial charge on any atom is 0.265 e. The summed E-state index contributed by atoms with van der Waals surface area (Å²) in [5.41, 5.74) is 6.35. The molecule has 1 aromatic heterocycles. The molecule has 166 valence electrons. The molecule has 4 rings (SSSR count). The number of fused-ring (bicyclic) bond motifs is 2. The van der Waals surface area contributed by atoms with E-state index in [-0.39, 0.29) is 34.8 Å². The Labute approximate surface area is 185 Å². The molecular formula is C23H24FN3O4Si. The highest BCUT2D eigenvalue weighted by molar-refractivity contribution is 6.76. The lowest BCUT2D eigenvalue weighted by Crippen LogP contribution is -2.29. The Bertz CT molecular complexity index is 1240. The molecule has 0 atom stereocenters. The second kappa shape index (κ2) is 7.90. The van der Waals surface area contributed by atoms with E-state index in [0.717, 1.165) is 10.9 Å². The smallest absolute Gasteiger partial charge is 0.265 e. The highest BCUT2D eigenvalue weighted by Crippen LogP contribution is 2.44. The summed E-state index contributed by atoms with van der Waals surface area (Å²) >= 11 is 0. The van der Waals surface area contributed by atoms with E-state index in [9.17, 15) is 19.1 Å². The van der Waals surface area contributed by atoms with Gasteiger partial charge in [-0.25, -0.2) is 9.37 Å². The van der Waals surface area contributed by atoms with Gasteiger partial charge in [-0.3, -0.25) is 14.5 Å². The number of ether oxygens (including phenoxy) is 1. The van der Waals surface area contributed by atoms with Crippen LogP contribution in [0.4, 0.5) is 10.2 Å². The van der Waals surface area contributed by atoms with Crippen LogP contribution in [-0.4, -0.2) is 41.5 Å². The molecule has 2 heterocycles. The highest BCUT2D eigenvalue weighted by atomic mass is 28.3. The number of aromatic hydroxyl groups is 1. The van der Waals surface area contributed by atoms with Crippen molar-refractivity contribution in [2.75, 3.05) is 12.3 Å². The van der Waals surface area contributed by atoms with Gasteiger partial charge in [-0.2, -0.15) is 0 Å². The average Bonchev–Trinajstić information content (AvgIpc) is 2.96. The number of nitrogens with two attached hydrogens (primary N) is 1. The number of aromatic nitrogens is 1. The maximum absolute atomic E-state index is 13.3. The predicted molar refractivity (Wildman–Crippen MR) is 122 cm³/mol. The number of hydrogen-bond acceptors (Lipinski definition) is 6. The predicted octanol–water partition coefficient (Wildman–Crippen LogP) is 4.17. The van der Waals surface area contributed by atoms with Gasteiger partial charge in [-0.05, 0) is 35.9 Å². The summed E-state index contributed by atoms with van der Waals surface area (Å²) in [6.45, 7) is 6.92. The first-order chi connectivity index (χ1) is 15.1. The average molecular weight is 454 g/mol. The summed E-state index contributed by atoms with van der Waals surface area (Å²) in [5, 5.41) is 11.3. The van der Waals surface area contributed by atoms with Crippen molar-refractivity contribution in [1.82, 2.24) is 9.88 Å². The zero-order valence-corrected chi connectivity index (χ0v) is 19.1. The minimum absolute atomic E-state index is 0.0178. The fraction of sp³-hybridized carbons (Fsp3) is 0.261. The molecule has 9 heteroatoms. The van der Waals surface area contributed by atoms with Crippen LogP contribution in [0.25, 0.3) is 10.9 Å². The zero-order valence-electron chi connectivity index (χ0n) is 18.1. The summed E-state index contributed by atoms with van der Waals surface area (Å²) in [6, 6.07) is 9.55. The normalized spacial score (nSPS) is 13.7. The number of benzene rings is 2. The summed E-state index contributed by atoms with van der Waals surface area (Å²) in [5.74, 6) is -1.67. The zero-order chi connectivity index (χ0) is 23.2. The first-order valence-corrected chi connectivity index (χ1v) is 14.0. The number of pyridine rings is 1. The number of imide groups is 1. The third-order valence-electron chi connectivity index (χ3n) is 5.37. The number of phenolic OH excluding ortho intramolecular Hbond substituents is 1. The topological polar surface area (TPSA) is 106 Å². The molecule has 0 spiro atoms. The lowest BCUT2D eigenvalue weighted by molar-refractivity contribution is 0.0640. The highest BCUT2D eigenvalue weighted by Gasteiger charge is 2.42. The standard InChI is InChI=1S/C23H24FN3O4Si/c1-32(2,3)11-10-31-21-15-8-9-16(25)26-19(15)20(28)17-18(21)23(30)27(22(17)29)12-13-4-6-14(24)7-5-13/h4-9,28H,10-12H2,1-3H3,(H2,25,26). The summed E-state index contributed by atoms with van der Waals surface area (Å²) in [7, 11) is -1.43. The molecule has 3 N–H and O–H groups in total. The number of carbonyl (C=O) groups is 2. The van der Waals surface area contributed by atoms with E-state index in [1.165, 1.54) is 24.3 Å². The number of carbonyl (C=O) groups excluding carboxylic acids is 2. The molecule has 1 aliphatic rings. The third kappa shape index (κ3) is 3.91. The van der Waals surface area contributed by atoms with E-state index < -0.39 is 31.5 Å². The first kappa shape index (κ1) is 21.8. The second-order valence-electron chi connectivity index (χ2n) is 9.04. The fourth-order valence-corrected chi connectivity index (χ4v) is 4.34. The van der Waals surface area contributed by atoms with E-state index in [0.29, 0.717) is 17.6 Å². The Morgan fingerprint density at radius 3 is 2.38 bits per heavy atom. The molecule has 0 saturated carbocycles. The van der Waals surface area contributed by atoms with Crippen molar-refractivity contribution in [3.63, 3.8) is 0 Å². The van der Waals surface area contributed by atoms with Crippen molar-refractivity contribution in [3.05, 3.63) is 58.9 Å². The van der Waals surface area contributed by atoms with Gasteiger partial charge in [-0.1, -0.05) is 31.8 Å². The fourth-order valence-electron chi connectivity index (χ4n) is 3.62. The molecule has 0 aliphatic carbocycles. The third-order valence-corrected chi connectivity index (χ3v) is 7.07. The number of halogens is 1. The van der Waals surface area contributed by atoms with Crippen molar-refractivity contribution >= 4 is 36.6 Å². The summed E-state index contributed by atoms with van der Waals surface area (Å²) < 4.78 is 19.3. The molecule has 0 bridgehead atoms. The molecule has 0 saturated heterocycles. The molecule has 0 fully saturated rings. The summed E-state index contributed by atoms with van der Waals surface area (Å²) in [4.78, 5) is 31.7. The molecule has 2 aromatic carbocycles. The number of nitrogens with zero attached hydrogens (tertiary/aromatic N) is 2. The van der Waals surface area contributed by atoms with Gasteiger partial charge in [0.05, 0.1) is 18.7 Å². The summed E-state index contributed by atoms with van der Waals surface area (Å²) in [6.07, 6.45) is 0. The molecule has 0 radical (unpaired) electrons. The lowest BCUT2D eigenvalue weighted by Gasteiger charge is -2.18. The quantitative estimate of drug-likeness (QED) is 0.429. The number of nitrogen functional groups attached to an aromatic ring is 1. The van der Waals surface area contributed by atoms with Gasteiger partial charge in [0.1, 0.15) is 28.5 Å². The molecule has 32 heavy (non-hydrogen) atoms. The van der Waals surface area contributed by atoms with Crippen molar-refractivity contribution in [2.24, 2.45) is 0 Å². The van der Waals surface area contributed by atoms with Gasteiger partial charge in [0.25, 0.3) is 11.8 Å². The van der Waals surface area contributed by atoms with Crippen LogP contribution in [0.2, 0.25) is 25.7 Å². The first-order valence-electron chi connectivity index (χ1n) is 10.3. The number of amides is 2. The SMILES string of the molecule is C[Si](C)(C)CCOc1c2c(c(O)c3nc(N)ccc13)C(=O)N(Cc1ccc(F)cc1)C2=O. The Hall–Kier alpha value is -3.46. The van der Waals surface area contributed by atoms with Gasteiger partial charge in [0.2, 0.25) is 0 Å².